The van der Waals surface area contributed by atoms with Gasteiger partial charge in [0.1, 0.15) is 0 Å². The zero-order valence-electron chi connectivity index (χ0n) is 16.1. The molecule has 0 bridgehead atoms. The van der Waals surface area contributed by atoms with E-state index in [1.807, 2.05) is 45.9 Å². The molecular formula is C20H31NO3. The van der Waals surface area contributed by atoms with E-state index < -0.39 is 0 Å². The molecule has 0 heterocycles. The molecular weight excluding hydrogens is 302 g/mol. The zero-order valence-corrected chi connectivity index (χ0v) is 16.1. The Morgan fingerprint density at radius 2 is 1.67 bits per heavy atom. The predicted molar refractivity (Wildman–Crippen MR) is 96.9 cm³/mol. The second kappa shape index (κ2) is 7.82. The molecule has 4 heteroatoms. The quantitative estimate of drug-likeness (QED) is 0.807. The number of amides is 1. The van der Waals surface area contributed by atoms with Crippen LogP contribution in [0.2, 0.25) is 0 Å². The monoisotopic (exact) mass is 333 g/mol. The summed E-state index contributed by atoms with van der Waals surface area (Å²) in [7, 11) is 0. The van der Waals surface area contributed by atoms with Crippen molar-refractivity contribution in [2.24, 2.45) is 5.41 Å². The van der Waals surface area contributed by atoms with E-state index in [9.17, 15) is 9.59 Å². The summed E-state index contributed by atoms with van der Waals surface area (Å²) in [6.07, 6.45) is 1.02. The van der Waals surface area contributed by atoms with Crippen LogP contribution in [-0.4, -0.2) is 24.0 Å². The Hall–Kier alpha value is -1.84. The highest BCUT2D eigenvalue weighted by Gasteiger charge is 2.27. The maximum absolute atomic E-state index is 12.0. The lowest BCUT2D eigenvalue weighted by Gasteiger charge is -2.33. The van der Waals surface area contributed by atoms with Crippen molar-refractivity contribution < 1.29 is 14.3 Å². The van der Waals surface area contributed by atoms with Crippen molar-refractivity contribution in [3.05, 3.63) is 34.9 Å². The average molecular weight is 333 g/mol. The van der Waals surface area contributed by atoms with Gasteiger partial charge in [0.15, 0.2) is 6.61 Å². The zero-order chi connectivity index (χ0) is 18.5. The first-order valence-electron chi connectivity index (χ1n) is 8.41. The largest absolute Gasteiger partial charge is 0.455 e. The van der Waals surface area contributed by atoms with E-state index in [2.05, 4.69) is 26.1 Å². The second-order valence-electron chi connectivity index (χ2n) is 8.43. The molecule has 1 amide bonds. The number of hydrogen-bond donors (Lipinski definition) is 1. The summed E-state index contributed by atoms with van der Waals surface area (Å²) in [5, 5.41) is 2.93. The fraction of sp³-hybridized carbons (Fsp3) is 0.600. The van der Waals surface area contributed by atoms with Crippen LogP contribution in [0.15, 0.2) is 18.2 Å². The van der Waals surface area contributed by atoms with Crippen LogP contribution in [-0.2, 0) is 20.7 Å². The van der Waals surface area contributed by atoms with Gasteiger partial charge in [0.25, 0.3) is 5.91 Å². The van der Waals surface area contributed by atoms with Crippen molar-refractivity contribution in [2.75, 3.05) is 6.61 Å². The number of ether oxygens (including phenoxy) is 1. The smallest absolute Gasteiger partial charge is 0.310 e. The van der Waals surface area contributed by atoms with E-state index in [0.29, 0.717) is 0 Å². The maximum Gasteiger partial charge on any atom is 0.310 e. The van der Waals surface area contributed by atoms with Crippen molar-refractivity contribution in [2.45, 2.75) is 66.8 Å². The third kappa shape index (κ3) is 7.62. The standard InChI is InChI=1S/C20H31NO3/c1-14-8-9-16(10-15(14)2)11-18(23)24-12-17(22)21-20(6,7)13-19(3,4)5/h8-10H,11-13H2,1-7H3,(H,21,22). The van der Waals surface area contributed by atoms with E-state index in [1.165, 1.54) is 5.56 Å². The molecule has 1 aromatic carbocycles. The van der Waals surface area contributed by atoms with E-state index in [-0.39, 0.29) is 35.9 Å². The first-order chi connectivity index (χ1) is 10.9. The maximum atomic E-state index is 12.0. The van der Waals surface area contributed by atoms with E-state index in [0.717, 1.165) is 17.5 Å². The lowest BCUT2D eigenvalue weighted by molar-refractivity contribution is -0.148. The van der Waals surface area contributed by atoms with E-state index in [4.69, 9.17) is 4.74 Å². The highest BCUT2D eigenvalue weighted by Crippen LogP contribution is 2.26. The van der Waals surface area contributed by atoms with Crippen molar-refractivity contribution in [3.63, 3.8) is 0 Å². The Balaban J connectivity index is 2.46. The van der Waals surface area contributed by atoms with Gasteiger partial charge in [-0.2, -0.15) is 0 Å². The van der Waals surface area contributed by atoms with Crippen LogP contribution in [0.25, 0.3) is 0 Å². The topological polar surface area (TPSA) is 55.4 Å². The Kier molecular flexibility index (Phi) is 6.58. The van der Waals surface area contributed by atoms with Gasteiger partial charge in [-0.05, 0) is 56.2 Å². The number of rotatable bonds is 6. The van der Waals surface area contributed by atoms with Gasteiger partial charge in [-0.25, -0.2) is 0 Å². The van der Waals surface area contributed by atoms with E-state index in [1.54, 1.807) is 0 Å². The van der Waals surface area contributed by atoms with Crippen molar-refractivity contribution in [1.29, 1.82) is 0 Å². The number of esters is 1. The summed E-state index contributed by atoms with van der Waals surface area (Å²) < 4.78 is 5.10. The lowest BCUT2D eigenvalue weighted by atomic mass is 9.82. The molecule has 0 spiro atoms. The molecule has 0 fully saturated rings. The fourth-order valence-electron chi connectivity index (χ4n) is 3.06. The van der Waals surface area contributed by atoms with Gasteiger partial charge in [0, 0.05) is 5.54 Å². The van der Waals surface area contributed by atoms with E-state index >= 15 is 0 Å². The van der Waals surface area contributed by atoms with Crippen molar-refractivity contribution in [3.8, 4) is 0 Å². The van der Waals surface area contributed by atoms with Crippen LogP contribution < -0.4 is 5.32 Å². The molecule has 0 aliphatic heterocycles. The Labute approximate surface area is 146 Å². The van der Waals surface area contributed by atoms with Crippen LogP contribution in [0.4, 0.5) is 0 Å². The van der Waals surface area contributed by atoms with Gasteiger partial charge in [0.2, 0.25) is 0 Å². The average Bonchev–Trinajstić information content (AvgIpc) is 2.37. The van der Waals surface area contributed by atoms with Gasteiger partial charge < -0.3 is 10.1 Å². The van der Waals surface area contributed by atoms with Crippen LogP contribution in [0.1, 0.15) is 57.7 Å². The highest BCUT2D eigenvalue weighted by atomic mass is 16.5. The van der Waals surface area contributed by atoms with Gasteiger partial charge in [0.05, 0.1) is 6.42 Å². The third-order valence-electron chi connectivity index (χ3n) is 3.73. The Morgan fingerprint density at radius 3 is 2.21 bits per heavy atom. The van der Waals surface area contributed by atoms with Gasteiger partial charge in [-0.15, -0.1) is 0 Å². The molecule has 1 aromatic rings. The first-order valence-corrected chi connectivity index (χ1v) is 8.41. The molecule has 0 saturated carbocycles. The minimum atomic E-state index is -0.387. The van der Waals surface area contributed by atoms with Crippen LogP contribution >= 0.6 is 0 Å². The second-order valence-corrected chi connectivity index (χ2v) is 8.43. The molecule has 0 aliphatic carbocycles. The SMILES string of the molecule is Cc1ccc(CC(=O)OCC(=O)NC(C)(C)CC(C)(C)C)cc1C. The number of carbonyl (C=O) groups excluding carboxylic acids is 2. The molecule has 0 aromatic heterocycles. The van der Waals surface area contributed by atoms with Crippen LogP contribution in [0, 0.1) is 19.3 Å². The van der Waals surface area contributed by atoms with Gasteiger partial charge in [-0.1, -0.05) is 39.0 Å². The lowest BCUT2D eigenvalue weighted by Crippen LogP contribution is -2.47. The molecule has 0 atom stereocenters. The molecule has 134 valence electrons. The minimum absolute atomic E-state index is 0.108. The molecule has 0 unspecified atom stereocenters. The molecule has 0 saturated heterocycles. The van der Waals surface area contributed by atoms with Gasteiger partial charge in [-0.3, -0.25) is 9.59 Å². The normalized spacial score (nSPS) is 12.0. The summed E-state index contributed by atoms with van der Waals surface area (Å²) in [5.74, 6) is -0.653. The molecule has 1 rings (SSSR count). The number of nitrogens with one attached hydrogen (secondary N) is 1. The molecule has 4 nitrogen and oxygen atoms in total. The summed E-state index contributed by atoms with van der Waals surface area (Å²) in [6.45, 7) is 14.1. The van der Waals surface area contributed by atoms with Crippen molar-refractivity contribution >= 4 is 11.9 Å². The summed E-state index contributed by atoms with van der Waals surface area (Å²) >= 11 is 0. The minimum Gasteiger partial charge on any atom is -0.455 e. The van der Waals surface area contributed by atoms with Crippen molar-refractivity contribution in [1.82, 2.24) is 5.32 Å². The third-order valence-corrected chi connectivity index (χ3v) is 3.73. The number of benzene rings is 1. The van der Waals surface area contributed by atoms with Crippen LogP contribution in [0.3, 0.4) is 0 Å². The summed E-state index contributed by atoms with van der Waals surface area (Å²) in [4.78, 5) is 23.9. The first kappa shape index (κ1) is 20.2. The fourth-order valence-corrected chi connectivity index (χ4v) is 3.06. The van der Waals surface area contributed by atoms with Gasteiger partial charge >= 0.3 is 5.97 Å². The summed E-state index contributed by atoms with van der Waals surface area (Å²) in [5.41, 5.74) is 3.00. The Bertz CT molecular complexity index is 597. The predicted octanol–water partition coefficient (Wildman–Crippen LogP) is 3.72. The Morgan fingerprint density at radius 1 is 1.04 bits per heavy atom. The number of hydrogen-bond acceptors (Lipinski definition) is 3. The number of aryl methyl sites for hydroxylation is 2. The molecule has 0 radical (unpaired) electrons. The number of carbonyl (C=O) groups is 2. The van der Waals surface area contributed by atoms with Crippen LogP contribution in [0.5, 0.6) is 0 Å². The molecule has 24 heavy (non-hydrogen) atoms. The molecule has 0 aliphatic rings. The molecule has 1 N–H and O–H groups in total. The highest BCUT2D eigenvalue weighted by molar-refractivity contribution is 5.81. The summed E-state index contributed by atoms with van der Waals surface area (Å²) in [6, 6.07) is 5.87.